The van der Waals surface area contributed by atoms with E-state index in [0.29, 0.717) is 5.92 Å². The smallest absolute Gasteiger partial charge is 0.309 e. The molecule has 0 aromatic heterocycles. The summed E-state index contributed by atoms with van der Waals surface area (Å²) >= 11 is 0. The molecule has 2 heteroatoms. The Morgan fingerprint density at radius 2 is 2.36 bits per heavy atom. The first-order valence-corrected chi connectivity index (χ1v) is 4.42. The van der Waals surface area contributed by atoms with E-state index >= 15 is 0 Å². The molecule has 0 amide bonds. The van der Waals surface area contributed by atoms with Crippen LogP contribution in [0.1, 0.15) is 26.2 Å². The molecule has 0 aromatic carbocycles. The van der Waals surface area contributed by atoms with E-state index in [1.807, 2.05) is 0 Å². The summed E-state index contributed by atoms with van der Waals surface area (Å²) in [4.78, 5) is 11.3. The Morgan fingerprint density at radius 1 is 1.55 bits per heavy atom. The topological polar surface area (TPSA) is 26.3 Å². The van der Waals surface area contributed by atoms with Gasteiger partial charge in [0.1, 0.15) is 5.60 Å². The second-order valence-corrected chi connectivity index (χ2v) is 4.49. The third-order valence-corrected chi connectivity index (χ3v) is 3.78. The first-order chi connectivity index (χ1) is 5.19. The van der Waals surface area contributed by atoms with Crippen molar-refractivity contribution in [3.8, 4) is 0 Å². The zero-order valence-electron chi connectivity index (χ0n) is 6.67. The van der Waals surface area contributed by atoms with Crippen LogP contribution in [0.4, 0.5) is 0 Å². The molecule has 2 bridgehead atoms. The molecule has 1 saturated heterocycles. The Kier molecular flexibility index (Phi) is 0.809. The summed E-state index contributed by atoms with van der Waals surface area (Å²) in [6, 6.07) is 0. The van der Waals surface area contributed by atoms with Crippen LogP contribution in [0.5, 0.6) is 0 Å². The molecular weight excluding hydrogens is 140 g/mol. The number of fused-ring (bicyclic) bond motifs is 1. The van der Waals surface area contributed by atoms with E-state index in [2.05, 4.69) is 6.92 Å². The highest BCUT2D eigenvalue weighted by atomic mass is 16.6. The van der Waals surface area contributed by atoms with Crippen molar-refractivity contribution in [2.75, 3.05) is 0 Å². The minimum atomic E-state index is -0.0509. The molecule has 2 nitrogen and oxygen atoms in total. The van der Waals surface area contributed by atoms with E-state index in [0.717, 1.165) is 18.8 Å². The first kappa shape index (κ1) is 6.04. The van der Waals surface area contributed by atoms with Gasteiger partial charge in [0, 0.05) is 5.92 Å². The van der Waals surface area contributed by atoms with E-state index < -0.39 is 0 Å². The molecule has 1 aliphatic heterocycles. The summed E-state index contributed by atoms with van der Waals surface area (Å²) in [5, 5.41) is 0. The minimum Gasteiger partial charge on any atom is -0.459 e. The van der Waals surface area contributed by atoms with Gasteiger partial charge in [-0.1, -0.05) is 0 Å². The summed E-state index contributed by atoms with van der Waals surface area (Å²) < 4.78 is 5.39. The molecule has 3 rings (SSSR count). The van der Waals surface area contributed by atoms with E-state index in [-0.39, 0.29) is 17.5 Å². The zero-order valence-corrected chi connectivity index (χ0v) is 6.67. The number of carbonyl (C=O) groups excluding carboxylic acids is 1. The van der Waals surface area contributed by atoms with Gasteiger partial charge in [-0.25, -0.2) is 0 Å². The Morgan fingerprint density at radius 3 is 2.91 bits per heavy atom. The molecule has 3 fully saturated rings. The summed E-state index contributed by atoms with van der Waals surface area (Å²) in [6.45, 7) is 2.11. The average molecular weight is 152 g/mol. The highest BCUT2D eigenvalue weighted by Crippen LogP contribution is 2.59. The fourth-order valence-corrected chi connectivity index (χ4v) is 3.39. The standard InChI is InChI=1S/C9H12O2/c1-9-4-5-2-6(7(9)3-5)8(10)11-9/h5-7H,2-4H2,1H3. The number of ether oxygens (including phenoxy) is 1. The average Bonchev–Trinajstić information content (AvgIpc) is 2.43. The molecule has 4 atom stereocenters. The van der Waals surface area contributed by atoms with Crippen molar-refractivity contribution in [3.05, 3.63) is 0 Å². The first-order valence-electron chi connectivity index (χ1n) is 4.42. The van der Waals surface area contributed by atoms with E-state index in [1.165, 1.54) is 6.42 Å². The lowest BCUT2D eigenvalue weighted by atomic mass is 9.81. The van der Waals surface area contributed by atoms with Crippen molar-refractivity contribution in [1.29, 1.82) is 0 Å². The van der Waals surface area contributed by atoms with Crippen LogP contribution in [0, 0.1) is 17.8 Å². The van der Waals surface area contributed by atoms with Crippen LogP contribution in [0.25, 0.3) is 0 Å². The lowest BCUT2D eigenvalue weighted by Gasteiger charge is -2.25. The van der Waals surface area contributed by atoms with Crippen LogP contribution in [0.15, 0.2) is 0 Å². The minimum absolute atomic E-state index is 0.0509. The molecule has 1 heterocycles. The lowest BCUT2D eigenvalue weighted by Crippen LogP contribution is -2.29. The van der Waals surface area contributed by atoms with Crippen molar-refractivity contribution in [3.63, 3.8) is 0 Å². The fourth-order valence-electron chi connectivity index (χ4n) is 3.39. The quantitative estimate of drug-likeness (QED) is 0.490. The molecule has 3 aliphatic rings. The molecule has 0 N–H and O–H groups in total. The van der Waals surface area contributed by atoms with Gasteiger partial charge in [0.05, 0.1) is 5.92 Å². The summed E-state index contributed by atoms with van der Waals surface area (Å²) in [5.74, 6) is 1.72. The van der Waals surface area contributed by atoms with E-state index in [9.17, 15) is 4.79 Å². The highest BCUT2D eigenvalue weighted by Gasteiger charge is 2.63. The monoisotopic (exact) mass is 152 g/mol. The Bertz CT molecular complexity index is 236. The van der Waals surface area contributed by atoms with E-state index in [1.54, 1.807) is 0 Å². The maximum atomic E-state index is 11.3. The maximum Gasteiger partial charge on any atom is 0.309 e. The van der Waals surface area contributed by atoms with Gasteiger partial charge in [-0.2, -0.15) is 0 Å². The Hall–Kier alpha value is -0.530. The number of hydrogen-bond donors (Lipinski definition) is 0. The van der Waals surface area contributed by atoms with Gasteiger partial charge >= 0.3 is 5.97 Å². The number of hydrogen-bond acceptors (Lipinski definition) is 2. The molecule has 0 spiro atoms. The second kappa shape index (κ2) is 1.47. The van der Waals surface area contributed by atoms with Gasteiger partial charge in [-0.05, 0) is 32.1 Å². The third kappa shape index (κ3) is 0.534. The van der Waals surface area contributed by atoms with Crippen molar-refractivity contribution in [2.45, 2.75) is 31.8 Å². The Labute approximate surface area is 65.9 Å². The molecular formula is C9H12O2. The SMILES string of the molecule is CC12CC3CC(C(=O)O1)C2C3. The van der Waals surface area contributed by atoms with Crippen molar-refractivity contribution >= 4 is 5.97 Å². The number of rotatable bonds is 0. The fraction of sp³-hybridized carbons (Fsp3) is 0.889. The second-order valence-electron chi connectivity index (χ2n) is 4.49. The molecule has 0 aromatic rings. The van der Waals surface area contributed by atoms with Crippen LogP contribution < -0.4 is 0 Å². The number of carbonyl (C=O) groups is 1. The Balaban J connectivity index is 2.10. The summed E-state index contributed by atoms with van der Waals surface area (Å²) in [5.41, 5.74) is -0.0509. The van der Waals surface area contributed by atoms with Crippen LogP contribution in [0.3, 0.4) is 0 Å². The summed E-state index contributed by atoms with van der Waals surface area (Å²) in [7, 11) is 0. The van der Waals surface area contributed by atoms with E-state index in [4.69, 9.17) is 4.74 Å². The predicted octanol–water partition coefficient (Wildman–Crippen LogP) is 1.35. The maximum absolute atomic E-state index is 11.3. The predicted molar refractivity (Wildman–Crippen MR) is 38.8 cm³/mol. The molecule has 11 heavy (non-hydrogen) atoms. The third-order valence-electron chi connectivity index (χ3n) is 3.78. The van der Waals surface area contributed by atoms with Gasteiger partial charge in [-0.3, -0.25) is 4.79 Å². The van der Waals surface area contributed by atoms with Gasteiger partial charge in [0.2, 0.25) is 0 Å². The zero-order chi connectivity index (χ0) is 7.64. The largest absolute Gasteiger partial charge is 0.459 e. The van der Waals surface area contributed by atoms with Crippen LogP contribution >= 0.6 is 0 Å². The van der Waals surface area contributed by atoms with Crippen molar-refractivity contribution in [2.24, 2.45) is 17.8 Å². The highest BCUT2D eigenvalue weighted by molar-refractivity contribution is 5.77. The van der Waals surface area contributed by atoms with Gasteiger partial charge in [-0.15, -0.1) is 0 Å². The molecule has 2 aliphatic carbocycles. The van der Waals surface area contributed by atoms with Gasteiger partial charge in [0.15, 0.2) is 0 Å². The van der Waals surface area contributed by atoms with Crippen molar-refractivity contribution in [1.82, 2.24) is 0 Å². The normalized spacial score (nSPS) is 58.6. The van der Waals surface area contributed by atoms with Gasteiger partial charge in [0.25, 0.3) is 0 Å². The summed E-state index contributed by atoms with van der Waals surface area (Å²) in [6.07, 6.45) is 3.48. The number of esters is 1. The van der Waals surface area contributed by atoms with Crippen LogP contribution in [-0.4, -0.2) is 11.6 Å². The van der Waals surface area contributed by atoms with Crippen LogP contribution in [-0.2, 0) is 9.53 Å². The molecule has 60 valence electrons. The lowest BCUT2D eigenvalue weighted by molar-refractivity contribution is -0.148. The molecule has 2 saturated carbocycles. The van der Waals surface area contributed by atoms with Crippen LogP contribution in [0.2, 0.25) is 0 Å². The molecule has 4 unspecified atom stereocenters. The molecule has 0 radical (unpaired) electrons. The van der Waals surface area contributed by atoms with Crippen molar-refractivity contribution < 1.29 is 9.53 Å². The van der Waals surface area contributed by atoms with Gasteiger partial charge < -0.3 is 4.74 Å².